The molecule has 2 heterocycles. The first kappa shape index (κ1) is 16.6. The maximum Gasteiger partial charge on any atom is 0.246 e. The van der Waals surface area contributed by atoms with Gasteiger partial charge in [-0.05, 0) is 31.2 Å². The van der Waals surface area contributed by atoms with E-state index in [1.54, 1.807) is 24.3 Å². The van der Waals surface area contributed by atoms with Crippen LogP contribution < -0.4 is 10.2 Å². The van der Waals surface area contributed by atoms with Crippen LogP contribution in [0.2, 0.25) is 0 Å². The molecule has 25 heavy (non-hydrogen) atoms. The number of pyridine rings is 1. The van der Waals surface area contributed by atoms with Crippen LogP contribution in [0, 0.1) is 6.92 Å². The molecule has 126 valence electrons. The molecule has 1 amide bonds. The Hall–Kier alpha value is -3.28. The number of aromatic nitrogens is 3. The molecule has 0 saturated heterocycles. The first-order valence-electron chi connectivity index (χ1n) is 7.95. The second kappa shape index (κ2) is 7.53. The molecular formula is C19H19N5O. The van der Waals surface area contributed by atoms with Crippen LogP contribution >= 0.6 is 0 Å². The van der Waals surface area contributed by atoms with E-state index < -0.39 is 0 Å². The molecule has 2 aromatic heterocycles. The highest BCUT2D eigenvalue weighted by molar-refractivity contribution is 5.95. The maximum absolute atomic E-state index is 12.4. The van der Waals surface area contributed by atoms with Gasteiger partial charge in [-0.25, -0.2) is 9.97 Å². The number of nitrogens with zero attached hydrogens (tertiary/aromatic N) is 4. The van der Waals surface area contributed by atoms with Gasteiger partial charge in [-0.3, -0.25) is 9.78 Å². The summed E-state index contributed by atoms with van der Waals surface area (Å²) in [7, 11) is 1.76. The Labute approximate surface area is 146 Å². The van der Waals surface area contributed by atoms with Crippen molar-refractivity contribution >= 4 is 17.4 Å². The van der Waals surface area contributed by atoms with E-state index in [0.29, 0.717) is 11.6 Å². The number of carbonyl (C=O) groups is 1. The predicted octanol–water partition coefficient (Wildman–Crippen LogP) is 2.92. The van der Waals surface area contributed by atoms with Gasteiger partial charge in [0.15, 0.2) is 5.82 Å². The van der Waals surface area contributed by atoms with E-state index in [4.69, 9.17) is 0 Å². The van der Waals surface area contributed by atoms with E-state index in [2.05, 4.69) is 20.3 Å². The summed E-state index contributed by atoms with van der Waals surface area (Å²) in [6.45, 7) is 2.04. The Morgan fingerprint density at radius 3 is 2.64 bits per heavy atom. The highest BCUT2D eigenvalue weighted by atomic mass is 16.2. The Balaban J connectivity index is 1.71. The van der Waals surface area contributed by atoms with Gasteiger partial charge < -0.3 is 10.2 Å². The summed E-state index contributed by atoms with van der Waals surface area (Å²) in [4.78, 5) is 27.0. The molecular weight excluding hydrogens is 314 g/mol. The number of aryl methyl sites for hydroxylation is 1. The number of para-hydroxylation sites is 1. The zero-order valence-corrected chi connectivity index (χ0v) is 14.2. The third-order valence-electron chi connectivity index (χ3n) is 3.71. The Morgan fingerprint density at radius 1 is 1.12 bits per heavy atom. The summed E-state index contributed by atoms with van der Waals surface area (Å²) in [5.74, 6) is 1.14. The molecule has 0 spiro atoms. The van der Waals surface area contributed by atoms with Crippen LogP contribution in [0.15, 0.2) is 60.9 Å². The molecule has 1 N–H and O–H groups in total. The molecule has 0 aliphatic heterocycles. The Kier molecular flexibility index (Phi) is 4.99. The van der Waals surface area contributed by atoms with Gasteiger partial charge in [-0.2, -0.15) is 0 Å². The molecule has 1 aromatic carbocycles. The van der Waals surface area contributed by atoms with Crippen molar-refractivity contribution in [2.75, 3.05) is 23.8 Å². The molecule has 0 unspecified atom stereocenters. The van der Waals surface area contributed by atoms with Crippen LogP contribution in [0.1, 0.15) is 5.69 Å². The molecule has 0 bridgehead atoms. The van der Waals surface area contributed by atoms with Crippen molar-refractivity contribution in [2.45, 2.75) is 6.92 Å². The van der Waals surface area contributed by atoms with Gasteiger partial charge in [-0.1, -0.05) is 18.2 Å². The zero-order chi connectivity index (χ0) is 17.6. The maximum atomic E-state index is 12.4. The normalized spacial score (nSPS) is 10.3. The number of benzene rings is 1. The molecule has 0 aliphatic rings. The van der Waals surface area contributed by atoms with Gasteiger partial charge in [0.2, 0.25) is 5.91 Å². The van der Waals surface area contributed by atoms with E-state index in [0.717, 1.165) is 16.9 Å². The first-order valence-corrected chi connectivity index (χ1v) is 7.95. The molecule has 6 nitrogen and oxygen atoms in total. The summed E-state index contributed by atoms with van der Waals surface area (Å²) < 4.78 is 0. The second-order valence-electron chi connectivity index (χ2n) is 5.60. The van der Waals surface area contributed by atoms with Gasteiger partial charge in [0.1, 0.15) is 5.82 Å². The Morgan fingerprint density at radius 2 is 1.92 bits per heavy atom. The molecule has 0 radical (unpaired) electrons. The van der Waals surface area contributed by atoms with Crippen molar-refractivity contribution in [1.29, 1.82) is 0 Å². The molecule has 3 aromatic rings. The van der Waals surface area contributed by atoms with Gasteiger partial charge in [0.05, 0.1) is 6.54 Å². The lowest BCUT2D eigenvalue weighted by molar-refractivity contribution is -0.116. The Bertz CT molecular complexity index is 852. The molecule has 0 saturated carbocycles. The fourth-order valence-electron chi connectivity index (χ4n) is 2.36. The van der Waals surface area contributed by atoms with Crippen LogP contribution in [0.3, 0.4) is 0 Å². The second-order valence-corrected chi connectivity index (χ2v) is 5.60. The summed E-state index contributed by atoms with van der Waals surface area (Å²) in [5, 5.41) is 3.08. The predicted molar refractivity (Wildman–Crippen MR) is 98.3 cm³/mol. The van der Waals surface area contributed by atoms with Gasteiger partial charge in [-0.15, -0.1) is 0 Å². The summed E-state index contributed by atoms with van der Waals surface area (Å²) in [6.07, 6.45) is 3.42. The molecule has 0 atom stereocenters. The van der Waals surface area contributed by atoms with E-state index >= 15 is 0 Å². The monoisotopic (exact) mass is 333 g/mol. The van der Waals surface area contributed by atoms with Gasteiger partial charge in [0, 0.05) is 42.5 Å². The average molecular weight is 333 g/mol. The van der Waals surface area contributed by atoms with E-state index in [9.17, 15) is 4.79 Å². The number of hydrogen-bond acceptors (Lipinski definition) is 5. The lowest BCUT2D eigenvalue weighted by Crippen LogP contribution is -2.32. The molecule has 6 heteroatoms. The highest BCUT2D eigenvalue weighted by Crippen LogP contribution is 2.17. The van der Waals surface area contributed by atoms with Crippen molar-refractivity contribution in [3.63, 3.8) is 0 Å². The molecule has 0 fully saturated rings. The van der Waals surface area contributed by atoms with Crippen molar-refractivity contribution in [3.05, 3.63) is 66.6 Å². The number of amides is 1. The summed E-state index contributed by atoms with van der Waals surface area (Å²) in [6, 6.07) is 15.1. The SMILES string of the molecule is Cc1cc(NCC(=O)N(C)c2ccccc2)nc(-c2cccnc2)n1. The smallest absolute Gasteiger partial charge is 0.246 e. The number of carbonyl (C=O) groups excluding carboxylic acids is 1. The van der Waals surface area contributed by atoms with Crippen molar-refractivity contribution in [3.8, 4) is 11.4 Å². The van der Waals surface area contributed by atoms with Crippen LogP contribution in [-0.4, -0.2) is 34.5 Å². The number of rotatable bonds is 5. The largest absolute Gasteiger partial charge is 0.361 e. The summed E-state index contributed by atoms with van der Waals surface area (Å²) in [5.41, 5.74) is 2.51. The topological polar surface area (TPSA) is 71.0 Å². The minimum atomic E-state index is -0.0506. The lowest BCUT2D eigenvalue weighted by Gasteiger charge is -2.18. The van der Waals surface area contributed by atoms with Gasteiger partial charge in [0.25, 0.3) is 0 Å². The number of nitrogens with one attached hydrogen (secondary N) is 1. The van der Waals surface area contributed by atoms with Crippen molar-refractivity contribution < 1.29 is 4.79 Å². The minimum Gasteiger partial charge on any atom is -0.361 e. The lowest BCUT2D eigenvalue weighted by atomic mass is 10.2. The fraction of sp³-hybridized carbons (Fsp3) is 0.158. The van der Waals surface area contributed by atoms with Crippen molar-refractivity contribution in [2.24, 2.45) is 0 Å². The fourth-order valence-corrected chi connectivity index (χ4v) is 2.36. The molecule has 0 aliphatic carbocycles. The van der Waals surface area contributed by atoms with Crippen LogP contribution in [0.25, 0.3) is 11.4 Å². The third kappa shape index (κ3) is 4.17. The van der Waals surface area contributed by atoms with Crippen molar-refractivity contribution in [1.82, 2.24) is 15.0 Å². The number of anilines is 2. The number of hydrogen-bond donors (Lipinski definition) is 1. The first-order chi connectivity index (χ1) is 12.1. The van der Waals surface area contributed by atoms with E-state index in [-0.39, 0.29) is 12.5 Å². The van der Waals surface area contributed by atoms with Crippen LogP contribution in [-0.2, 0) is 4.79 Å². The van der Waals surface area contributed by atoms with Crippen LogP contribution in [0.4, 0.5) is 11.5 Å². The standard InChI is InChI=1S/C19H19N5O/c1-14-11-17(23-19(22-14)15-7-6-10-20-12-15)21-13-18(25)24(2)16-8-4-3-5-9-16/h3-12H,13H2,1-2H3,(H,21,22,23). The quantitative estimate of drug-likeness (QED) is 0.777. The third-order valence-corrected chi connectivity index (χ3v) is 3.71. The average Bonchev–Trinajstić information content (AvgIpc) is 2.66. The molecule has 3 rings (SSSR count). The van der Waals surface area contributed by atoms with E-state index in [1.165, 1.54) is 0 Å². The highest BCUT2D eigenvalue weighted by Gasteiger charge is 2.11. The van der Waals surface area contributed by atoms with Crippen LogP contribution in [0.5, 0.6) is 0 Å². The summed E-state index contributed by atoms with van der Waals surface area (Å²) >= 11 is 0. The minimum absolute atomic E-state index is 0.0506. The number of likely N-dealkylation sites (N-methyl/N-ethyl adjacent to an activating group) is 1. The van der Waals surface area contributed by atoms with Gasteiger partial charge >= 0.3 is 0 Å². The zero-order valence-electron chi connectivity index (χ0n) is 14.2. The van der Waals surface area contributed by atoms with E-state index in [1.807, 2.05) is 55.5 Å².